The number of aromatic nitrogens is 2. The van der Waals surface area contributed by atoms with E-state index < -0.39 is 13.3 Å². The third-order valence-corrected chi connectivity index (χ3v) is 11.2. The largest absolute Gasteiger partial charge is 0 e. The topological polar surface area (TPSA) is 63.1 Å². The van der Waals surface area contributed by atoms with Crippen molar-refractivity contribution in [3.8, 4) is 11.3 Å². The van der Waals surface area contributed by atoms with Gasteiger partial charge in [-0.1, -0.05) is 0 Å². The van der Waals surface area contributed by atoms with Gasteiger partial charge < -0.3 is 5.11 Å². The SMILES string of the molecule is CC(=O)/C=C(/C)O.CC(C)(C)c1cc(-c2nccc3c2sc2n[c]([Ge]([CH3])([CH3])[CH3])ccc23)[c-]c2ccccc12.[Ir]. The van der Waals surface area contributed by atoms with Crippen LogP contribution in [0.3, 0.4) is 0 Å². The molecule has 4 nitrogen and oxygen atoms in total. The molecule has 205 valence electrons. The smallest absolute Gasteiger partial charge is 0 e. The number of hydrogen-bond acceptors (Lipinski definition) is 5. The predicted molar refractivity (Wildman–Crippen MR) is 165 cm³/mol. The number of hydrogen-bond donors (Lipinski definition) is 1. The molecule has 0 saturated heterocycles. The molecule has 3 aromatic heterocycles. The maximum atomic E-state index is 10.0. The van der Waals surface area contributed by atoms with Crippen molar-refractivity contribution in [1.82, 2.24) is 9.97 Å². The van der Waals surface area contributed by atoms with E-state index in [1.165, 1.54) is 50.9 Å². The van der Waals surface area contributed by atoms with E-state index >= 15 is 0 Å². The van der Waals surface area contributed by atoms with Crippen molar-refractivity contribution >= 4 is 66.0 Å². The van der Waals surface area contributed by atoms with Crippen molar-refractivity contribution in [2.45, 2.75) is 57.3 Å². The van der Waals surface area contributed by atoms with Crippen LogP contribution < -0.4 is 4.53 Å². The van der Waals surface area contributed by atoms with Crippen LogP contribution in [0.1, 0.15) is 40.2 Å². The number of benzene rings is 2. The molecule has 0 unspecified atom stereocenters. The summed E-state index contributed by atoms with van der Waals surface area (Å²) in [5.41, 5.74) is 3.44. The van der Waals surface area contributed by atoms with Crippen LogP contribution in [0.25, 0.3) is 42.3 Å². The Morgan fingerprint density at radius 1 is 1.00 bits per heavy atom. The van der Waals surface area contributed by atoms with E-state index in [9.17, 15) is 4.79 Å². The Balaban J connectivity index is 0.000000468. The van der Waals surface area contributed by atoms with Crippen LogP contribution in [-0.4, -0.2) is 34.1 Å². The van der Waals surface area contributed by atoms with Crippen LogP contribution in [0.4, 0.5) is 0 Å². The number of nitrogens with zero attached hydrogens (tertiary/aromatic N) is 2. The van der Waals surface area contributed by atoms with E-state index in [0.29, 0.717) is 0 Å². The molecule has 0 fully saturated rings. The van der Waals surface area contributed by atoms with E-state index in [1.807, 2.05) is 6.20 Å². The molecule has 1 N–H and O–H groups in total. The summed E-state index contributed by atoms with van der Waals surface area (Å²) in [5.74, 6) is 7.12. The number of aliphatic hydroxyl groups excluding tert-OH is 1. The fourth-order valence-electron chi connectivity index (χ4n) is 4.47. The van der Waals surface area contributed by atoms with Gasteiger partial charge in [-0.3, -0.25) is 4.79 Å². The van der Waals surface area contributed by atoms with Crippen molar-refractivity contribution in [1.29, 1.82) is 0 Å². The second kappa shape index (κ2) is 12.0. The molecule has 7 heteroatoms. The molecule has 1 radical (unpaired) electrons. The quantitative estimate of drug-likeness (QED) is 0.0867. The second-order valence-corrected chi connectivity index (χ2v) is 23.2. The first kappa shape index (κ1) is 31.2. The summed E-state index contributed by atoms with van der Waals surface area (Å²) in [4.78, 5) is 21.1. The van der Waals surface area contributed by atoms with Crippen molar-refractivity contribution in [2.24, 2.45) is 0 Å². The Morgan fingerprint density at radius 2 is 1.69 bits per heavy atom. The van der Waals surface area contributed by atoms with Gasteiger partial charge in [0.2, 0.25) is 0 Å². The first-order valence-corrected chi connectivity index (χ1v) is 20.9. The van der Waals surface area contributed by atoms with Gasteiger partial charge >= 0.3 is 191 Å². The molecule has 5 rings (SSSR count). The first-order chi connectivity index (χ1) is 17.8. The minimum atomic E-state index is -1.98. The molecule has 0 aliphatic carbocycles. The van der Waals surface area contributed by atoms with Crippen LogP contribution in [0.2, 0.25) is 17.3 Å². The summed E-state index contributed by atoms with van der Waals surface area (Å²) in [6, 6.07) is 21.1. The third kappa shape index (κ3) is 7.04. The number of carbonyl (C=O) groups is 1. The van der Waals surface area contributed by atoms with Crippen molar-refractivity contribution in [3.05, 3.63) is 78.2 Å². The Hall–Kier alpha value is -2.38. The number of fused-ring (bicyclic) bond motifs is 4. The molecule has 0 aliphatic heterocycles. The molecule has 2 aromatic carbocycles. The van der Waals surface area contributed by atoms with E-state index in [-0.39, 0.29) is 37.1 Å². The zero-order chi connectivity index (χ0) is 27.8. The Labute approximate surface area is 251 Å². The number of pyridine rings is 2. The second-order valence-electron chi connectivity index (χ2n) is 11.7. The maximum Gasteiger partial charge on any atom is 0 e. The molecule has 3 heterocycles. The van der Waals surface area contributed by atoms with Gasteiger partial charge in [-0.25, -0.2) is 0 Å². The molecule has 0 atom stereocenters. The van der Waals surface area contributed by atoms with E-state index in [1.54, 1.807) is 11.3 Å². The summed E-state index contributed by atoms with van der Waals surface area (Å²) in [6.07, 6.45) is 3.10. The zero-order valence-corrected chi connectivity index (χ0v) is 29.1. The Kier molecular flexibility index (Phi) is 9.60. The minimum Gasteiger partial charge on any atom is 0 e. The zero-order valence-electron chi connectivity index (χ0n) is 23.8. The van der Waals surface area contributed by atoms with Crippen LogP contribution in [0, 0.1) is 6.07 Å². The average molecular weight is 777 g/mol. The molecule has 0 amide bonds. The summed E-state index contributed by atoms with van der Waals surface area (Å²) in [6.45, 7) is 9.67. The normalized spacial score (nSPS) is 12.3. The van der Waals surface area contributed by atoms with E-state index in [4.69, 9.17) is 15.1 Å². The molecule has 0 bridgehead atoms. The molecule has 5 aromatic rings. The van der Waals surface area contributed by atoms with Gasteiger partial charge in [-0.05, 0) is 13.8 Å². The molecular formula is C32H35GeIrN2O2S-. The molecule has 39 heavy (non-hydrogen) atoms. The maximum absolute atomic E-state index is 10.0. The van der Waals surface area contributed by atoms with Crippen molar-refractivity contribution in [2.75, 3.05) is 0 Å². The fourth-order valence-corrected chi connectivity index (χ4v) is 7.97. The van der Waals surface area contributed by atoms with E-state index in [0.717, 1.165) is 21.5 Å². The summed E-state index contributed by atoms with van der Waals surface area (Å²) in [7, 11) is 0. The standard InChI is InChI=1S/C27H27GeN2S.C5H8O2.Ir/c1-27(2,3)22-16-18(15-17-9-7-8-10-19(17)22)24-25-20(13-14-29-24)21-11-12-23(28(4,5)6)30-26(21)31-25;1-4(6)3-5(2)7;/h7-14,16H,1-6H3;3,6H,1-2H3;/q-1;;/b;4-3-;. The van der Waals surface area contributed by atoms with Gasteiger partial charge in [-0.2, -0.15) is 0 Å². The summed E-state index contributed by atoms with van der Waals surface area (Å²) < 4.78 is 2.51. The van der Waals surface area contributed by atoms with Crippen molar-refractivity contribution < 1.29 is 30.0 Å². The van der Waals surface area contributed by atoms with Crippen LogP contribution >= 0.6 is 11.3 Å². The van der Waals surface area contributed by atoms with E-state index in [2.05, 4.69) is 92.6 Å². The van der Waals surface area contributed by atoms with Gasteiger partial charge in [0.05, 0.1) is 5.76 Å². The van der Waals surface area contributed by atoms with Gasteiger partial charge in [0.1, 0.15) is 0 Å². The average Bonchev–Trinajstić information content (AvgIpc) is 3.20. The Morgan fingerprint density at radius 3 is 2.28 bits per heavy atom. The van der Waals surface area contributed by atoms with Gasteiger partial charge in [0.25, 0.3) is 0 Å². The molecule has 0 saturated carbocycles. The summed E-state index contributed by atoms with van der Waals surface area (Å²) in [5, 5.41) is 13.2. The third-order valence-electron chi connectivity index (χ3n) is 6.27. The molecule has 0 spiro atoms. The first-order valence-electron chi connectivity index (χ1n) is 12.8. The summed E-state index contributed by atoms with van der Waals surface area (Å²) >= 11 is -0.215. The number of aliphatic hydroxyl groups is 1. The Bertz CT molecular complexity index is 1690. The van der Waals surface area contributed by atoms with Crippen LogP contribution in [0.5, 0.6) is 0 Å². The van der Waals surface area contributed by atoms with Gasteiger partial charge in [0, 0.05) is 26.2 Å². The van der Waals surface area contributed by atoms with Crippen molar-refractivity contribution in [3.63, 3.8) is 0 Å². The molecular weight excluding hydrogens is 741 g/mol. The number of carbonyl (C=O) groups excluding carboxylic acids is 1. The van der Waals surface area contributed by atoms with Gasteiger partial charge in [-0.15, -0.1) is 0 Å². The number of rotatable bonds is 3. The molecule has 0 aliphatic rings. The predicted octanol–water partition coefficient (Wildman–Crippen LogP) is 8.34. The number of ketones is 1. The monoisotopic (exact) mass is 778 g/mol. The van der Waals surface area contributed by atoms with Gasteiger partial charge in [0.15, 0.2) is 5.78 Å². The number of allylic oxidation sites excluding steroid dienone is 2. The fraction of sp³-hybridized carbons (Fsp3) is 0.281. The van der Waals surface area contributed by atoms with Crippen LogP contribution in [0.15, 0.2) is 66.6 Å². The number of thiophene rings is 1. The van der Waals surface area contributed by atoms with Crippen LogP contribution in [-0.2, 0) is 30.3 Å². The minimum absolute atomic E-state index is 0.